The monoisotopic (exact) mass is 365 g/mol. The Labute approximate surface area is 141 Å². The van der Waals surface area contributed by atoms with Crippen LogP contribution in [-0.2, 0) is 10.1 Å². The highest BCUT2D eigenvalue weighted by molar-refractivity contribution is 7.85. The van der Waals surface area contributed by atoms with Gasteiger partial charge < -0.3 is 19.5 Å². The Kier molecular flexibility index (Phi) is 7.71. The van der Waals surface area contributed by atoms with E-state index in [-0.39, 0.29) is 37.7 Å². The van der Waals surface area contributed by atoms with Gasteiger partial charge in [0.15, 0.2) is 11.5 Å². The zero-order valence-corrected chi connectivity index (χ0v) is 14.8. The molecule has 0 aliphatic rings. The molecule has 0 aromatic heterocycles. The summed E-state index contributed by atoms with van der Waals surface area (Å²) in [5, 5.41) is 9.89. The second kappa shape index (κ2) is 9.05. The number of aliphatic hydroxyl groups is 1. The maximum Gasteiger partial charge on any atom is 0.264 e. The summed E-state index contributed by atoms with van der Waals surface area (Å²) < 4.78 is 54.9. The molecule has 0 aliphatic carbocycles. The van der Waals surface area contributed by atoms with E-state index in [0.717, 1.165) is 0 Å². The lowest BCUT2D eigenvalue weighted by Crippen LogP contribution is -2.30. The molecule has 0 amide bonds. The third kappa shape index (κ3) is 6.50. The molecule has 0 heterocycles. The van der Waals surface area contributed by atoms with E-state index in [0.29, 0.717) is 5.69 Å². The van der Waals surface area contributed by atoms with Crippen LogP contribution in [0, 0.1) is 5.82 Å². The van der Waals surface area contributed by atoms with Crippen molar-refractivity contribution in [3.63, 3.8) is 0 Å². The molecule has 1 aromatic carbocycles. The van der Waals surface area contributed by atoms with Crippen LogP contribution >= 0.6 is 0 Å². The van der Waals surface area contributed by atoms with Crippen LogP contribution in [0.3, 0.4) is 0 Å². The molecule has 0 aliphatic heterocycles. The lowest BCUT2D eigenvalue weighted by Gasteiger charge is -2.24. The number of benzene rings is 1. The van der Waals surface area contributed by atoms with Gasteiger partial charge in [-0.25, -0.2) is 0 Å². The molecule has 138 valence electrons. The number of likely N-dealkylation sites (N-methyl/N-ethyl adjacent to an activating group) is 1. The number of ether oxygens (including phenoxy) is 2. The van der Waals surface area contributed by atoms with Crippen molar-refractivity contribution in [1.29, 1.82) is 0 Å². The van der Waals surface area contributed by atoms with Gasteiger partial charge in [0.25, 0.3) is 10.1 Å². The minimum absolute atomic E-state index is 0.0396. The highest BCUT2D eigenvalue weighted by Gasteiger charge is 2.18. The van der Waals surface area contributed by atoms with Gasteiger partial charge in [0.2, 0.25) is 5.82 Å². The van der Waals surface area contributed by atoms with E-state index in [1.54, 1.807) is 25.8 Å². The molecule has 0 spiro atoms. The van der Waals surface area contributed by atoms with Crippen LogP contribution in [0.15, 0.2) is 12.1 Å². The first-order valence-electron chi connectivity index (χ1n) is 7.61. The van der Waals surface area contributed by atoms with Crippen molar-refractivity contribution in [2.24, 2.45) is 0 Å². The molecular formula is C15H24FNO6S. The summed E-state index contributed by atoms with van der Waals surface area (Å²) in [6.45, 7) is 4.13. The Balaban J connectivity index is 2.90. The van der Waals surface area contributed by atoms with Gasteiger partial charge in [0, 0.05) is 31.4 Å². The molecular weight excluding hydrogens is 341 g/mol. The first kappa shape index (κ1) is 20.5. The zero-order valence-electron chi connectivity index (χ0n) is 14.0. The van der Waals surface area contributed by atoms with Crippen molar-refractivity contribution in [3.8, 4) is 11.5 Å². The van der Waals surface area contributed by atoms with Crippen LogP contribution in [0.25, 0.3) is 0 Å². The summed E-state index contributed by atoms with van der Waals surface area (Å²) in [7, 11) is -2.46. The Bertz CT molecular complexity index is 610. The summed E-state index contributed by atoms with van der Waals surface area (Å²) in [4.78, 5) is 1.62. The van der Waals surface area contributed by atoms with Gasteiger partial charge >= 0.3 is 0 Å². The lowest BCUT2D eigenvalue weighted by atomic mass is 10.2. The van der Waals surface area contributed by atoms with Crippen molar-refractivity contribution in [1.82, 2.24) is 0 Å². The summed E-state index contributed by atoms with van der Waals surface area (Å²) in [5.74, 6) is -1.04. The largest absolute Gasteiger partial charge is 0.491 e. The molecule has 9 heteroatoms. The molecule has 7 nitrogen and oxygen atoms in total. The highest BCUT2D eigenvalue weighted by Crippen LogP contribution is 2.33. The Hall–Kier alpha value is -1.58. The quantitative estimate of drug-likeness (QED) is 0.609. The summed E-state index contributed by atoms with van der Waals surface area (Å²) in [6.07, 6.45) is -1.09. The fraction of sp³-hybridized carbons (Fsp3) is 0.600. The topological polar surface area (TPSA) is 96.3 Å². The molecule has 24 heavy (non-hydrogen) atoms. The minimum atomic E-state index is -4.12. The Morgan fingerprint density at radius 1 is 1.21 bits per heavy atom. The fourth-order valence-electron chi connectivity index (χ4n) is 2.10. The van der Waals surface area contributed by atoms with Crippen molar-refractivity contribution in [2.45, 2.75) is 26.4 Å². The second-order valence-electron chi connectivity index (χ2n) is 5.23. The van der Waals surface area contributed by atoms with Crippen LogP contribution in [0.5, 0.6) is 11.5 Å². The number of anilines is 1. The van der Waals surface area contributed by atoms with E-state index in [4.69, 9.17) is 14.0 Å². The van der Waals surface area contributed by atoms with Crippen molar-refractivity contribution < 1.29 is 31.9 Å². The number of halogens is 1. The van der Waals surface area contributed by atoms with Crippen molar-refractivity contribution >= 4 is 15.8 Å². The standard InChI is InChI=1S/C15H24FNO6S/c1-4-22-13-8-11(9-14(15(13)16)23-5-2)17(3)10-12(18)6-7-24(19,20)21/h8-9,12,18H,4-7,10H2,1-3H3,(H,19,20,21). The number of hydrogen-bond acceptors (Lipinski definition) is 6. The van der Waals surface area contributed by atoms with Gasteiger partial charge in [-0.3, -0.25) is 4.55 Å². The third-order valence-corrected chi connectivity index (χ3v) is 3.98. The van der Waals surface area contributed by atoms with Gasteiger partial charge in [0.1, 0.15) is 0 Å². The normalized spacial score (nSPS) is 12.8. The first-order chi connectivity index (χ1) is 11.2. The minimum Gasteiger partial charge on any atom is -0.491 e. The summed E-state index contributed by atoms with van der Waals surface area (Å²) in [5.41, 5.74) is 0.550. The maximum atomic E-state index is 14.2. The first-order valence-corrected chi connectivity index (χ1v) is 9.22. The molecule has 1 unspecified atom stereocenters. The molecule has 0 radical (unpaired) electrons. The molecule has 0 bridgehead atoms. The van der Waals surface area contributed by atoms with Crippen molar-refractivity contribution in [2.75, 3.05) is 37.5 Å². The van der Waals surface area contributed by atoms with Gasteiger partial charge in [-0.05, 0) is 20.3 Å². The number of hydrogen-bond donors (Lipinski definition) is 2. The van der Waals surface area contributed by atoms with Gasteiger partial charge in [-0.15, -0.1) is 0 Å². The summed E-state index contributed by atoms with van der Waals surface area (Å²) in [6, 6.07) is 2.97. The van der Waals surface area contributed by atoms with Crippen LogP contribution in [0.2, 0.25) is 0 Å². The van der Waals surface area contributed by atoms with E-state index in [2.05, 4.69) is 0 Å². The Morgan fingerprint density at radius 3 is 2.12 bits per heavy atom. The maximum absolute atomic E-state index is 14.2. The van der Waals surface area contributed by atoms with E-state index in [1.165, 1.54) is 12.1 Å². The molecule has 0 fully saturated rings. The smallest absolute Gasteiger partial charge is 0.264 e. The Morgan fingerprint density at radius 2 is 1.71 bits per heavy atom. The molecule has 1 aromatic rings. The van der Waals surface area contributed by atoms with Crippen LogP contribution in [0.1, 0.15) is 20.3 Å². The zero-order chi connectivity index (χ0) is 18.3. The number of nitrogens with zero attached hydrogens (tertiary/aromatic N) is 1. The van der Waals surface area contributed by atoms with E-state index in [9.17, 15) is 17.9 Å². The van der Waals surface area contributed by atoms with E-state index < -0.39 is 27.8 Å². The average Bonchev–Trinajstić information content (AvgIpc) is 2.48. The second-order valence-corrected chi connectivity index (χ2v) is 6.80. The predicted octanol–water partition coefficient (Wildman–Crippen LogP) is 1.70. The SMILES string of the molecule is CCOc1cc(N(C)CC(O)CCS(=O)(=O)O)cc(OCC)c1F. The van der Waals surface area contributed by atoms with Gasteiger partial charge in [-0.1, -0.05) is 0 Å². The van der Waals surface area contributed by atoms with E-state index in [1.807, 2.05) is 0 Å². The number of aliphatic hydroxyl groups excluding tert-OH is 1. The highest BCUT2D eigenvalue weighted by atomic mass is 32.2. The third-order valence-electron chi connectivity index (χ3n) is 3.22. The van der Waals surface area contributed by atoms with E-state index >= 15 is 0 Å². The molecule has 2 N–H and O–H groups in total. The lowest BCUT2D eigenvalue weighted by molar-refractivity contribution is 0.177. The molecule has 1 rings (SSSR count). The molecule has 0 saturated heterocycles. The molecule has 1 atom stereocenters. The fourth-order valence-corrected chi connectivity index (χ4v) is 2.67. The van der Waals surface area contributed by atoms with Crippen molar-refractivity contribution in [3.05, 3.63) is 17.9 Å². The summed E-state index contributed by atoms with van der Waals surface area (Å²) >= 11 is 0. The average molecular weight is 365 g/mol. The molecule has 0 saturated carbocycles. The number of rotatable bonds is 10. The van der Waals surface area contributed by atoms with Crippen LogP contribution in [0.4, 0.5) is 10.1 Å². The van der Waals surface area contributed by atoms with Crippen LogP contribution in [-0.4, -0.2) is 56.7 Å². The van der Waals surface area contributed by atoms with Gasteiger partial charge in [0.05, 0.1) is 25.1 Å². The van der Waals surface area contributed by atoms with Gasteiger partial charge in [-0.2, -0.15) is 12.8 Å². The van der Waals surface area contributed by atoms with Crippen LogP contribution < -0.4 is 14.4 Å². The predicted molar refractivity (Wildman–Crippen MR) is 89.0 cm³/mol.